The lowest BCUT2D eigenvalue weighted by molar-refractivity contribution is -0.145. The number of hydrogen-bond donors (Lipinski definition) is 1. The number of amides is 1. The van der Waals surface area contributed by atoms with Gasteiger partial charge in [-0.25, -0.2) is 4.79 Å². The van der Waals surface area contributed by atoms with Crippen LogP contribution < -0.4 is 5.43 Å². The minimum Gasteiger partial charge on any atom is -0.466 e. The third-order valence-electron chi connectivity index (χ3n) is 3.16. The molecule has 2 rings (SSSR count). The fraction of sp³-hybridized carbons (Fsp3) is 0.462. The highest BCUT2D eigenvalue weighted by Crippen LogP contribution is 2.39. The molecule has 114 valence electrons. The molecular weight excluding hydrogens is 300 g/mol. The van der Waals surface area contributed by atoms with E-state index in [0.717, 1.165) is 0 Å². The van der Waals surface area contributed by atoms with Crippen molar-refractivity contribution in [3.63, 3.8) is 0 Å². The van der Waals surface area contributed by atoms with Gasteiger partial charge in [-0.1, -0.05) is 11.6 Å². The zero-order valence-corrected chi connectivity index (χ0v) is 12.3. The van der Waals surface area contributed by atoms with Gasteiger partial charge in [0.1, 0.15) is 0 Å². The second-order valence-electron chi connectivity index (χ2n) is 4.55. The molecule has 1 N–H and O–H groups in total. The summed E-state index contributed by atoms with van der Waals surface area (Å²) in [6, 6.07) is 1.46. The molecule has 0 saturated heterocycles. The Morgan fingerprint density at radius 3 is 2.76 bits per heavy atom. The number of nitrogens with one attached hydrogen (secondary N) is 1. The quantitative estimate of drug-likeness (QED) is 0.825. The van der Waals surface area contributed by atoms with Crippen LogP contribution in [-0.4, -0.2) is 36.2 Å². The van der Waals surface area contributed by atoms with Gasteiger partial charge in [0.25, 0.3) is 0 Å². The first kappa shape index (κ1) is 15.4. The van der Waals surface area contributed by atoms with Crippen molar-refractivity contribution in [2.45, 2.75) is 13.3 Å². The highest BCUT2D eigenvalue weighted by molar-refractivity contribution is 6.33. The van der Waals surface area contributed by atoms with E-state index in [-0.39, 0.29) is 29.2 Å². The third-order valence-corrected chi connectivity index (χ3v) is 3.47. The summed E-state index contributed by atoms with van der Waals surface area (Å²) in [4.78, 5) is 35.1. The van der Waals surface area contributed by atoms with E-state index in [0.29, 0.717) is 6.42 Å². The van der Waals surface area contributed by atoms with Crippen molar-refractivity contribution in [1.29, 1.82) is 0 Å². The summed E-state index contributed by atoms with van der Waals surface area (Å²) in [5.41, 5.74) is 2.55. The van der Waals surface area contributed by atoms with Crippen molar-refractivity contribution < 1.29 is 23.9 Å². The zero-order chi connectivity index (χ0) is 15.6. The lowest BCUT2D eigenvalue weighted by Crippen LogP contribution is -2.28. The molecule has 1 fully saturated rings. The number of ether oxygens (including phenoxy) is 2. The van der Waals surface area contributed by atoms with Crippen molar-refractivity contribution in [1.82, 2.24) is 4.68 Å². The summed E-state index contributed by atoms with van der Waals surface area (Å²) >= 11 is 5.87. The number of carbonyl (C=O) groups is 3. The van der Waals surface area contributed by atoms with E-state index < -0.39 is 17.8 Å². The van der Waals surface area contributed by atoms with E-state index >= 15 is 0 Å². The Hall–Kier alpha value is -2.02. The highest BCUT2D eigenvalue weighted by Gasteiger charge is 2.49. The molecule has 0 aromatic carbocycles. The van der Waals surface area contributed by atoms with Crippen LogP contribution in [0.15, 0.2) is 12.3 Å². The number of esters is 2. The van der Waals surface area contributed by atoms with E-state index in [1.807, 2.05) is 0 Å². The van der Waals surface area contributed by atoms with E-state index in [1.165, 1.54) is 24.0 Å². The number of aromatic nitrogens is 1. The van der Waals surface area contributed by atoms with Crippen molar-refractivity contribution in [2.75, 3.05) is 19.1 Å². The molecule has 1 amide bonds. The summed E-state index contributed by atoms with van der Waals surface area (Å²) < 4.78 is 10.6. The first-order valence-corrected chi connectivity index (χ1v) is 6.80. The van der Waals surface area contributed by atoms with Gasteiger partial charge in [-0.05, 0) is 19.4 Å². The van der Waals surface area contributed by atoms with E-state index in [9.17, 15) is 14.4 Å². The average Bonchev–Trinajstić information content (AvgIpc) is 3.18. The number of nitrogens with zero attached hydrogens (tertiary/aromatic N) is 1. The topological polar surface area (TPSA) is 86.6 Å². The minimum atomic E-state index is -0.664. The number of rotatable bonds is 5. The molecule has 2 atom stereocenters. The predicted molar refractivity (Wildman–Crippen MR) is 73.4 cm³/mol. The Morgan fingerprint density at radius 2 is 2.14 bits per heavy atom. The molecular formula is C13H15ClN2O5. The Kier molecular flexibility index (Phi) is 4.52. The van der Waals surface area contributed by atoms with Crippen LogP contribution in [0.3, 0.4) is 0 Å². The van der Waals surface area contributed by atoms with Crippen LogP contribution in [0.5, 0.6) is 0 Å². The van der Waals surface area contributed by atoms with Crippen molar-refractivity contribution >= 4 is 29.4 Å². The second-order valence-corrected chi connectivity index (χ2v) is 4.96. The average molecular weight is 315 g/mol. The zero-order valence-electron chi connectivity index (χ0n) is 11.6. The second kappa shape index (κ2) is 6.17. The van der Waals surface area contributed by atoms with E-state index in [1.54, 1.807) is 6.92 Å². The van der Waals surface area contributed by atoms with Crippen molar-refractivity contribution in [3.8, 4) is 0 Å². The molecule has 1 aromatic heterocycles. The van der Waals surface area contributed by atoms with Gasteiger partial charge in [-0.3, -0.25) is 19.7 Å². The molecule has 0 spiro atoms. The Morgan fingerprint density at radius 1 is 1.43 bits per heavy atom. The van der Waals surface area contributed by atoms with Crippen LogP contribution in [0.4, 0.5) is 0 Å². The third kappa shape index (κ3) is 3.18. The van der Waals surface area contributed by atoms with Crippen LogP contribution in [-0.2, 0) is 19.1 Å². The van der Waals surface area contributed by atoms with Gasteiger partial charge in [0, 0.05) is 6.20 Å². The van der Waals surface area contributed by atoms with Gasteiger partial charge >= 0.3 is 11.9 Å². The molecule has 2 unspecified atom stereocenters. The summed E-state index contributed by atoms with van der Waals surface area (Å²) in [5.74, 6) is -2.28. The van der Waals surface area contributed by atoms with Crippen LogP contribution in [0.2, 0.25) is 5.02 Å². The maximum absolute atomic E-state index is 12.0. The van der Waals surface area contributed by atoms with E-state index in [4.69, 9.17) is 16.3 Å². The van der Waals surface area contributed by atoms with Gasteiger partial charge in [0.2, 0.25) is 5.91 Å². The SMILES string of the molecule is CCOC(=O)C1CC1C(=O)Nn1ccc(Cl)c1C(=O)OC. The first-order chi connectivity index (χ1) is 9.99. The van der Waals surface area contributed by atoms with Gasteiger partial charge in [-0.15, -0.1) is 0 Å². The van der Waals surface area contributed by atoms with Crippen LogP contribution in [0, 0.1) is 11.8 Å². The molecule has 0 aliphatic heterocycles. The Labute approximate surface area is 126 Å². The minimum absolute atomic E-state index is 0.0286. The molecule has 1 aliphatic carbocycles. The number of hydrogen-bond acceptors (Lipinski definition) is 5. The number of carbonyl (C=O) groups excluding carboxylic acids is 3. The van der Waals surface area contributed by atoms with Gasteiger partial charge in [-0.2, -0.15) is 0 Å². The molecule has 1 heterocycles. The maximum Gasteiger partial charge on any atom is 0.358 e. The summed E-state index contributed by atoms with van der Waals surface area (Å²) in [5, 5.41) is 0.167. The molecule has 0 bridgehead atoms. The molecule has 1 aliphatic rings. The highest BCUT2D eigenvalue weighted by atomic mass is 35.5. The molecule has 7 nitrogen and oxygen atoms in total. The number of methoxy groups -OCH3 is 1. The molecule has 21 heavy (non-hydrogen) atoms. The Balaban J connectivity index is 2.02. The summed E-state index contributed by atoms with van der Waals surface area (Å²) in [6.45, 7) is 1.99. The van der Waals surface area contributed by atoms with Crippen LogP contribution >= 0.6 is 11.6 Å². The largest absolute Gasteiger partial charge is 0.466 e. The maximum atomic E-state index is 12.0. The lowest BCUT2D eigenvalue weighted by Gasteiger charge is -2.09. The summed E-state index contributed by atoms with van der Waals surface area (Å²) in [6.07, 6.45) is 1.88. The van der Waals surface area contributed by atoms with Crippen LogP contribution in [0.25, 0.3) is 0 Å². The van der Waals surface area contributed by atoms with Gasteiger partial charge < -0.3 is 9.47 Å². The monoisotopic (exact) mass is 314 g/mol. The Bertz CT molecular complexity index is 583. The predicted octanol–water partition coefficient (Wildman–Crippen LogP) is 1.20. The van der Waals surface area contributed by atoms with Crippen molar-refractivity contribution in [3.05, 3.63) is 23.0 Å². The standard InChI is InChI=1S/C13H15ClN2O5/c1-3-21-12(18)8-6-7(8)11(17)15-16-5-4-9(14)10(16)13(19)20-2/h4-5,7-8H,3,6H2,1-2H3,(H,15,17). The fourth-order valence-corrected chi connectivity index (χ4v) is 2.21. The van der Waals surface area contributed by atoms with E-state index in [2.05, 4.69) is 10.2 Å². The van der Waals surface area contributed by atoms with Crippen LogP contribution in [0.1, 0.15) is 23.8 Å². The molecule has 0 radical (unpaired) electrons. The first-order valence-electron chi connectivity index (χ1n) is 6.42. The van der Waals surface area contributed by atoms with Crippen molar-refractivity contribution in [2.24, 2.45) is 11.8 Å². The molecule has 8 heteroatoms. The molecule has 1 aromatic rings. The number of halogens is 1. The molecule has 1 saturated carbocycles. The van der Waals surface area contributed by atoms with Gasteiger partial charge in [0.05, 0.1) is 30.6 Å². The lowest BCUT2D eigenvalue weighted by atomic mass is 10.3. The smallest absolute Gasteiger partial charge is 0.358 e. The summed E-state index contributed by atoms with van der Waals surface area (Å²) in [7, 11) is 1.22. The fourth-order valence-electron chi connectivity index (χ4n) is 1.99. The normalized spacial score (nSPS) is 19.8. The van der Waals surface area contributed by atoms with Gasteiger partial charge in [0.15, 0.2) is 5.69 Å².